The molecule has 1 aromatic carbocycles. The largest absolute Gasteiger partial charge is 0.322 e. The van der Waals surface area contributed by atoms with Gasteiger partial charge in [0.1, 0.15) is 6.07 Å². The predicted octanol–water partition coefficient (Wildman–Crippen LogP) is 4.04. The van der Waals surface area contributed by atoms with Crippen LogP contribution in [-0.2, 0) is 6.42 Å². The minimum Gasteiger partial charge on any atom is -0.314 e. The fraction of sp³-hybridized carbons (Fsp3) is 0.278. The molecule has 2 bridgehead atoms. The van der Waals surface area contributed by atoms with Crippen LogP contribution in [0.1, 0.15) is 35.6 Å². The Hall–Kier alpha value is -2.65. The number of amides is 2. The van der Waals surface area contributed by atoms with Gasteiger partial charge in [0.25, 0.3) is 0 Å². The van der Waals surface area contributed by atoms with Gasteiger partial charge in [-0.1, -0.05) is 11.6 Å². The van der Waals surface area contributed by atoms with Crippen molar-refractivity contribution in [2.45, 2.75) is 31.3 Å². The molecule has 3 heterocycles. The van der Waals surface area contributed by atoms with Crippen molar-refractivity contribution >= 4 is 23.3 Å². The van der Waals surface area contributed by atoms with E-state index in [-0.39, 0.29) is 18.1 Å². The second kappa shape index (κ2) is 6.01. The highest BCUT2D eigenvalue weighted by Gasteiger charge is 2.43. The number of nitriles is 1. The van der Waals surface area contributed by atoms with Gasteiger partial charge in [-0.2, -0.15) is 9.65 Å². The first-order valence-electron chi connectivity index (χ1n) is 8.00. The van der Waals surface area contributed by atoms with Gasteiger partial charge in [0.05, 0.1) is 16.6 Å². The molecule has 5 nitrogen and oxygen atoms in total. The molecule has 2 amide bonds. The van der Waals surface area contributed by atoms with E-state index in [1.807, 2.05) is 6.07 Å². The maximum Gasteiger partial charge on any atom is 0.322 e. The van der Waals surface area contributed by atoms with E-state index < -0.39 is 5.95 Å². The summed E-state index contributed by atoms with van der Waals surface area (Å²) in [6.07, 6.45) is 3.55. The molecule has 25 heavy (non-hydrogen) atoms. The number of carbonyl (C=O) groups excluding carboxylic acids is 1. The van der Waals surface area contributed by atoms with E-state index in [9.17, 15) is 9.18 Å². The first-order valence-corrected chi connectivity index (χ1v) is 8.38. The lowest BCUT2D eigenvalue weighted by Gasteiger charge is -2.36. The van der Waals surface area contributed by atoms with Crippen molar-refractivity contribution in [2.75, 3.05) is 5.32 Å². The Balaban J connectivity index is 1.61. The number of hydrogen-bond acceptors (Lipinski definition) is 3. The number of pyridine rings is 1. The topological polar surface area (TPSA) is 69.0 Å². The highest BCUT2D eigenvalue weighted by Crippen LogP contribution is 2.44. The Bertz CT molecular complexity index is 910. The fourth-order valence-electron chi connectivity index (χ4n) is 3.80. The maximum atomic E-state index is 14.0. The fourth-order valence-corrected chi connectivity index (χ4v) is 3.96. The van der Waals surface area contributed by atoms with Gasteiger partial charge < -0.3 is 10.2 Å². The molecule has 0 unspecified atom stereocenters. The van der Waals surface area contributed by atoms with E-state index in [0.717, 1.165) is 18.4 Å². The van der Waals surface area contributed by atoms with Crippen molar-refractivity contribution < 1.29 is 9.18 Å². The molecule has 0 radical (unpaired) electrons. The molecule has 1 saturated heterocycles. The van der Waals surface area contributed by atoms with E-state index in [1.54, 1.807) is 29.2 Å². The van der Waals surface area contributed by atoms with Crippen LogP contribution in [0.3, 0.4) is 0 Å². The number of anilines is 1. The summed E-state index contributed by atoms with van der Waals surface area (Å²) in [7, 11) is 0. The molecular weight excluding hydrogens is 343 g/mol. The van der Waals surface area contributed by atoms with Gasteiger partial charge in [0.2, 0.25) is 5.95 Å². The zero-order valence-electron chi connectivity index (χ0n) is 13.2. The molecule has 2 aromatic rings. The number of aromatic nitrogens is 1. The van der Waals surface area contributed by atoms with E-state index in [0.29, 0.717) is 28.3 Å². The number of hydrogen-bond donors (Lipinski definition) is 1. The molecule has 7 heteroatoms. The van der Waals surface area contributed by atoms with Gasteiger partial charge >= 0.3 is 6.03 Å². The standard InChI is InChI=1S/C18H14ClFN4O/c19-15-3-1-11(7-10(15)9-21)23-18(25)24-12-2-4-16(24)13-5-6-22-17(20)14(13)8-12/h1,3,5-7,12,16H,2,4,8H2,(H,23,25)/t12-,16+/m0/s1. The third-order valence-electron chi connectivity index (χ3n) is 4.91. The summed E-state index contributed by atoms with van der Waals surface area (Å²) in [6.45, 7) is 0. The molecule has 126 valence electrons. The third kappa shape index (κ3) is 2.61. The summed E-state index contributed by atoms with van der Waals surface area (Å²) in [5, 5.41) is 12.2. The molecule has 4 rings (SSSR count). The monoisotopic (exact) mass is 356 g/mol. The van der Waals surface area contributed by atoms with Crippen LogP contribution in [0.25, 0.3) is 0 Å². The second-order valence-electron chi connectivity index (χ2n) is 6.26. The quantitative estimate of drug-likeness (QED) is 0.784. The van der Waals surface area contributed by atoms with E-state index >= 15 is 0 Å². The van der Waals surface area contributed by atoms with Crippen LogP contribution in [0, 0.1) is 17.3 Å². The number of carbonyl (C=O) groups is 1. The molecule has 0 saturated carbocycles. The average molecular weight is 357 g/mol. The molecular formula is C18H14ClFN4O. The number of rotatable bonds is 1. The highest BCUT2D eigenvalue weighted by molar-refractivity contribution is 6.31. The van der Waals surface area contributed by atoms with E-state index in [2.05, 4.69) is 10.3 Å². The molecule has 2 aliphatic heterocycles. The highest BCUT2D eigenvalue weighted by atomic mass is 35.5. The molecule has 1 N–H and O–H groups in total. The Morgan fingerprint density at radius 3 is 3.04 bits per heavy atom. The molecule has 1 fully saturated rings. The van der Waals surface area contributed by atoms with Crippen LogP contribution < -0.4 is 5.32 Å². The Morgan fingerprint density at radius 1 is 1.40 bits per heavy atom. The van der Waals surface area contributed by atoms with Crippen molar-refractivity contribution in [1.29, 1.82) is 5.26 Å². The van der Waals surface area contributed by atoms with Crippen LogP contribution >= 0.6 is 11.6 Å². The third-order valence-corrected chi connectivity index (χ3v) is 5.24. The van der Waals surface area contributed by atoms with Gasteiger partial charge in [0.15, 0.2) is 0 Å². The van der Waals surface area contributed by atoms with Crippen molar-refractivity contribution in [3.63, 3.8) is 0 Å². The van der Waals surface area contributed by atoms with Crippen LogP contribution in [0.2, 0.25) is 5.02 Å². The number of nitrogens with zero attached hydrogens (tertiary/aromatic N) is 3. The minimum absolute atomic E-state index is 0.0427. The van der Waals surface area contributed by atoms with Crippen molar-refractivity contribution in [3.8, 4) is 6.07 Å². The van der Waals surface area contributed by atoms with Crippen LogP contribution in [-0.4, -0.2) is 22.0 Å². The van der Waals surface area contributed by atoms with Crippen molar-refractivity contribution in [2.24, 2.45) is 0 Å². The molecule has 0 spiro atoms. The Kier molecular flexibility index (Phi) is 3.81. The SMILES string of the molecule is N#Cc1cc(NC(=O)N2[C@H]3CC[C@@H]2c2ccnc(F)c2C3)ccc1Cl. The van der Waals surface area contributed by atoms with Crippen LogP contribution in [0.15, 0.2) is 30.5 Å². The lowest BCUT2D eigenvalue weighted by atomic mass is 9.95. The van der Waals surface area contributed by atoms with E-state index in [1.165, 1.54) is 6.20 Å². The van der Waals surface area contributed by atoms with Crippen molar-refractivity contribution in [3.05, 3.63) is 58.1 Å². The lowest BCUT2D eigenvalue weighted by Crippen LogP contribution is -2.44. The maximum absolute atomic E-state index is 14.0. The summed E-state index contributed by atoms with van der Waals surface area (Å²) < 4.78 is 14.0. The number of urea groups is 1. The first-order chi connectivity index (χ1) is 12.1. The average Bonchev–Trinajstić information content (AvgIpc) is 2.93. The normalized spacial score (nSPS) is 20.8. The summed E-state index contributed by atoms with van der Waals surface area (Å²) in [6, 6.07) is 8.13. The molecule has 2 atom stereocenters. The van der Waals surface area contributed by atoms with Crippen LogP contribution in [0.4, 0.5) is 14.9 Å². The summed E-state index contributed by atoms with van der Waals surface area (Å²) in [5.41, 5.74) is 2.28. The summed E-state index contributed by atoms with van der Waals surface area (Å²) in [4.78, 5) is 18.3. The summed E-state index contributed by atoms with van der Waals surface area (Å²) >= 11 is 5.92. The molecule has 0 aliphatic carbocycles. The summed E-state index contributed by atoms with van der Waals surface area (Å²) in [5.74, 6) is -0.439. The zero-order chi connectivity index (χ0) is 17.6. The first kappa shape index (κ1) is 15.9. The Morgan fingerprint density at radius 2 is 2.24 bits per heavy atom. The number of benzene rings is 1. The van der Waals surface area contributed by atoms with Gasteiger partial charge in [-0.25, -0.2) is 9.78 Å². The molecule has 1 aromatic heterocycles. The van der Waals surface area contributed by atoms with Gasteiger partial charge in [0, 0.05) is 23.5 Å². The van der Waals surface area contributed by atoms with E-state index in [4.69, 9.17) is 16.9 Å². The van der Waals surface area contributed by atoms with Gasteiger partial charge in [-0.05, 0) is 49.1 Å². The van der Waals surface area contributed by atoms with Crippen LogP contribution in [0.5, 0.6) is 0 Å². The zero-order valence-corrected chi connectivity index (χ0v) is 13.9. The smallest absolute Gasteiger partial charge is 0.314 e. The number of nitrogens with one attached hydrogen (secondary N) is 1. The number of halogens is 2. The predicted molar refractivity (Wildman–Crippen MR) is 90.7 cm³/mol. The van der Waals surface area contributed by atoms with Crippen molar-refractivity contribution in [1.82, 2.24) is 9.88 Å². The lowest BCUT2D eigenvalue weighted by molar-refractivity contribution is 0.178. The minimum atomic E-state index is -0.439. The molecule has 2 aliphatic rings. The second-order valence-corrected chi connectivity index (χ2v) is 6.67. The Labute approximate surface area is 149 Å². The van der Waals surface area contributed by atoms with Gasteiger partial charge in [-0.15, -0.1) is 0 Å². The van der Waals surface area contributed by atoms with Gasteiger partial charge in [-0.3, -0.25) is 0 Å². The number of fused-ring (bicyclic) bond motifs is 4.